The minimum Gasteiger partial charge on any atom is -0.475 e. The smallest absolute Gasteiger partial charge is 0.475 e. The van der Waals surface area contributed by atoms with Crippen LogP contribution in [0.1, 0.15) is 18.5 Å². The average Bonchev–Trinajstić information content (AvgIpc) is 3.30. The van der Waals surface area contributed by atoms with E-state index < -0.39 is 22.2 Å². The Balaban J connectivity index is 0.000000279. The minimum absolute atomic E-state index is 0.0686. The average molecular weight is 421 g/mol. The lowest BCUT2D eigenvalue weighted by molar-refractivity contribution is -0.192. The molecule has 1 N–H and O–H groups in total. The van der Waals surface area contributed by atoms with Gasteiger partial charge in [-0.1, -0.05) is 6.07 Å². The highest BCUT2D eigenvalue weighted by Gasteiger charge is 2.48. The number of carbonyl (C=O) groups is 1. The van der Waals surface area contributed by atoms with Gasteiger partial charge < -0.3 is 5.11 Å². The lowest BCUT2D eigenvalue weighted by Gasteiger charge is -2.21. The number of aromatic nitrogens is 1. The van der Waals surface area contributed by atoms with Crippen LogP contribution in [0, 0.1) is 11.8 Å². The van der Waals surface area contributed by atoms with E-state index in [9.17, 15) is 21.6 Å². The van der Waals surface area contributed by atoms with E-state index in [-0.39, 0.29) is 5.25 Å². The number of pyridine rings is 1. The highest BCUT2D eigenvalue weighted by molar-refractivity contribution is 7.90. The zero-order valence-electron chi connectivity index (χ0n) is 15.0. The van der Waals surface area contributed by atoms with E-state index in [4.69, 9.17) is 9.90 Å². The van der Waals surface area contributed by atoms with Gasteiger partial charge in [-0.25, -0.2) is 17.5 Å². The summed E-state index contributed by atoms with van der Waals surface area (Å²) in [5.41, 5.74) is 1.10. The van der Waals surface area contributed by atoms with E-state index in [2.05, 4.69) is 16.0 Å². The molecule has 0 bridgehead atoms. The van der Waals surface area contributed by atoms with Crippen LogP contribution < -0.4 is 0 Å². The van der Waals surface area contributed by atoms with E-state index in [0.29, 0.717) is 11.8 Å². The lowest BCUT2D eigenvalue weighted by Crippen LogP contribution is -2.35. The molecule has 0 unspecified atom stereocenters. The Morgan fingerprint density at radius 1 is 1.14 bits per heavy atom. The Bertz CT molecular complexity index is 786. The largest absolute Gasteiger partial charge is 0.490 e. The molecule has 0 aromatic carbocycles. The SMILES string of the molecule is O=C(O)C(F)(F)F.O=S(=O)(C1CC1)N1C[C@H]2CN(Cc3ccccn3)C[C@H]2C1. The summed E-state index contributed by atoms with van der Waals surface area (Å²) in [5.74, 6) is -1.75. The zero-order chi connectivity index (χ0) is 20.5. The number of alkyl halides is 3. The second-order valence-corrected chi connectivity index (χ2v) is 9.61. The normalized spacial score (nSPS) is 25.8. The highest BCUT2D eigenvalue weighted by Crippen LogP contribution is 2.38. The maximum absolute atomic E-state index is 12.3. The van der Waals surface area contributed by atoms with Crippen LogP contribution in [0.3, 0.4) is 0 Å². The molecule has 1 saturated carbocycles. The van der Waals surface area contributed by atoms with E-state index >= 15 is 0 Å². The molecule has 0 spiro atoms. The van der Waals surface area contributed by atoms with Gasteiger partial charge >= 0.3 is 12.1 Å². The van der Waals surface area contributed by atoms with E-state index in [1.54, 1.807) is 4.31 Å². The quantitative estimate of drug-likeness (QED) is 0.794. The monoisotopic (exact) mass is 421 g/mol. The standard InChI is InChI=1S/C15H21N3O2S.C2HF3O2/c19-21(20,15-4-5-15)18-9-12-7-17(8-13(12)10-18)11-14-3-1-2-6-16-14;3-2(4,5)1(6)7/h1-3,6,12-13,15H,4-5,7-11H2;(H,6,7)/t12-,13+;. The Morgan fingerprint density at radius 3 is 2.14 bits per heavy atom. The van der Waals surface area contributed by atoms with Gasteiger partial charge in [-0.05, 0) is 36.8 Å². The van der Waals surface area contributed by atoms with Crippen LogP contribution in [0.4, 0.5) is 13.2 Å². The zero-order valence-corrected chi connectivity index (χ0v) is 15.9. The number of carboxylic acid groups (broad SMARTS) is 1. The van der Waals surface area contributed by atoms with Gasteiger partial charge in [0.05, 0.1) is 10.9 Å². The number of aliphatic carboxylic acids is 1. The molecule has 7 nitrogen and oxygen atoms in total. The first-order valence-corrected chi connectivity index (χ1v) is 10.5. The molecule has 2 saturated heterocycles. The third kappa shape index (κ3) is 5.00. The number of sulfonamides is 1. The molecule has 0 amide bonds. The van der Waals surface area contributed by atoms with Crippen molar-refractivity contribution < 1.29 is 31.5 Å². The summed E-state index contributed by atoms with van der Waals surface area (Å²) < 4.78 is 58.1. The van der Waals surface area contributed by atoms with Gasteiger partial charge in [0.1, 0.15) is 0 Å². The molecule has 4 rings (SSSR count). The molecule has 156 valence electrons. The molecular formula is C17H22F3N3O4S. The van der Waals surface area contributed by atoms with Gasteiger partial charge in [-0.15, -0.1) is 0 Å². The van der Waals surface area contributed by atoms with Gasteiger partial charge in [0.2, 0.25) is 10.0 Å². The number of fused-ring (bicyclic) bond motifs is 1. The van der Waals surface area contributed by atoms with Gasteiger partial charge in [-0.3, -0.25) is 9.88 Å². The van der Waals surface area contributed by atoms with Crippen molar-refractivity contribution >= 4 is 16.0 Å². The van der Waals surface area contributed by atoms with Crippen LogP contribution in [-0.4, -0.2) is 71.3 Å². The molecule has 1 aliphatic carbocycles. The van der Waals surface area contributed by atoms with Gasteiger partial charge in [0.15, 0.2) is 0 Å². The van der Waals surface area contributed by atoms with Crippen molar-refractivity contribution in [3.05, 3.63) is 30.1 Å². The number of hydrogen-bond donors (Lipinski definition) is 1. The Morgan fingerprint density at radius 2 is 1.71 bits per heavy atom. The van der Waals surface area contributed by atoms with Crippen LogP contribution in [0.15, 0.2) is 24.4 Å². The molecule has 2 atom stereocenters. The summed E-state index contributed by atoms with van der Waals surface area (Å²) in [6, 6.07) is 6.00. The number of halogens is 3. The maximum Gasteiger partial charge on any atom is 0.490 e. The third-order valence-corrected chi connectivity index (χ3v) is 7.52. The second-order valence-electron chi connectivity index (χ2n) is 7.40. The van der Waals surface area contributed by atoms with Crippen molar-refractivity contribution in [1.29, 1.82) is 0 Å². The van der Waals surface area contributed by atoms with Crippen molar-refractivity contribution in [2.45, 2.75) is 30.8 Å². The molecule has 3 fully saturated rings. The first-order chi connectivity index (χ1) is 13.1. The Labute approximate surface area is 161 Å². The molecule has 3 aliphatic rings. The van der Waals surface area contributed by atoms with E-state index in [0.717, 1.165) is 51.3 Å². The van der Waals surface area contributed by atoms with Crippen LogP contribution in [-0.2, 0) is 21.4 Å². The maximum atomic E-state index is 12.3. The first kappa shape index (κ1) is 21.0. The number of carboxylic acids is 1. The minimum atomic E-state index is -5.08. The summed E-state index contributed by atoms with van der Waals surface area (Å²) in [4.78, 5) is 15.7. The highest BCUT2D eigenvalue weighted by atomic mass is 32.2. The summed E-state index contributed by atoms with van der Waals surface area (Å²) in [6.07, 6.45) is -1.53. The Hall–Kier alpha value is -1.72. The van der Waals surface area contributed by atoms with Crippen molar-refractivity contribution in [3.63, 3.8) is 0 Å². The van der Waals surface area contributed by atoms with Crippen molar-refractivity contribution in [2.24, 2.45) is 11.8 Å². The van der Waals surface area contributed by atoms with Crippen molar-refractivity contribution in [1.82, 2.24) is 14.2 Å². The molecule has 1 aromatic heterocycles. The van der Waals surface area contributed by atoms with Gasteiger partial charge in [0, 0.05) is 38.9 Å². The van der Waals surface area contributed by atoms with Crippen LogP contribution in [0.25, 0.3) is 0 Å². The molecule has 0 radical (unpaired) electrons. The molecule has 1 aromatic rings. The number of hydrogen-bond acceptors (Lipinski definition) is 5. The number of nitrogens with zero attached hydrogens (tertiary/aromatic N) is 3. The van der Waals surface area contributed by atoms with Crippen LogP contribution in [0.2, 0.25) is 0 Å². The fraction of sp³-hybridized carbons (Fsp3) is 0.647. The summed E-state index contributed by atoms with van der Waals surface area (Å²) in [7, 11) is -2.98. The second kappa shape index (κ2) is 7.96. The summed E-state index contributed by atoms with van der Waals surface area (Å²) in [6.45, 7) is 4.32. The number of likely N-dealkylation sites (tertiary alicyclic amines) is 1. The van der Waals surface area contributed by atoms with Crippen molar-refractivity contribution in [2.75, 3.05) is 26.2 Å². The first-order valence-electron chi connectivity index (χ1n) is 8.98. The van der Waals surface area contributed by atoms with Crippen LogP contribution >= 0.6 is 0 Å². The lowest BCUT2D eigenvalue weighted by atomic mass is 10.0. The summed E-state index contributed by atoms with van der Waals surface area (Å²) >= 11 is 0. The molecule has 11 heteroatoms. The molecule has 2 aliphatic heterocycles. The number of rotatable bonds is 4. The predicted molar refractivity (Wildman–Crippen MR) is 93.7 cm³/mol. The topological polar surface area (TPSA) is 90.8 Å². The van der Waals surface area contributed by atoms with Gasteiger partial charge in [0.25, 0.3) is 0 Å². The van der Waals surface area contributed by atoms with E-state index in [1.165, 1.54) is 0 Å². The molecule has 3 heterocycles. The van der Waals surface area contributed by atoms with Crippen molar-refractivity contribution in [3.8, 4) is 0 Å². The fourth-order valence-corrected chi connectivity index (χ4v) is 5.63. The van der Waals surface area contributed by atoms with E-state index in [1.807, 2.05) is 18.3 Å². The van der Waals surface area contributed by atoms with Crippen LogP contribution in [0.5, 0.6) is 0 Å². The molecule has 28 heavy (non-hydrogen) atoms. The molecular weight excluding hydrogens is 399 g/mol. The predicted octanol–water partition coefficient (Wildman–Crippen LogP) is 1.57. The summed E-state index contributed by atoms with van der Waals surface area (Å²) in [5, 5.41) is 7.06. The third-order valence-electron chi connectivity index (χ3n) is 5.19. The Kier molecular flexibility index (Phi) is 5.97. The van der Waals surface area contributed by atoms with Gasteiger partial charge in [-0.2, -0.15) is 13.2 Å². The fourth-order valence-electron chi connectivity index (χ4n) is 3.68.